The van der Waals surface area contributed by atoms with Crippen LogP contribution in [0.2, 0.25) is 0 Å². The van der Waals surface area contributed by atoms with Gasteiger partial charge in [-0.15, -0.1) is 0 Å². The molecule has 1 aromatic heterocycles. The fourth-order valence-electron chi connectivity index (χ4n) is 4.72. The summed E-state index contributed by atoms with van der Waals surface area (Å²) in [6.45, 7) is 4.86. The van der Waals surface area contributed by atoms with Crippen molar-refractivity contribution in [2.75, 3.05) is 19.3 Å². The maximum Gasteiger partial charge on any atom is 0.407 e. The fourth-order valence-corrected chi connectivity index (χ4v) is 5.35. The van der Waals surface area contributed by atoms with Gasteiger partial charge in [0.05, 0.1) is 4.90 Å². The minimum atomic E-state index is -3.33. The van der Waals surface area contributed by atoms with Crippen LogP contribution in [0.5, 0.6) is 5.75 Å². The van der Waals surface area contributed by atoms with Crippen molar-refractivity contribution in [3.8, 4) is 11.4 Å². The Morgan fingerprint density at radius 3 is 2.22 bits per heavy atom. The van der Waals surface area contributed by atoms with Gasteiger partial charge < -0.3 is 14.7 Å². The molecule has 4 rings (SSSR count). The molecule has 0 atom stereocenters. The molecule has 0 saturated carbocycles. The number of sulfone groups is 1. The van der Waals surface area contributed by atoms with Crippen LogP contribution in [-0.2, 0) is 15.4 Å². The predicted octanol–water partition coefficient (Wildman–Crippen LogP) is 4.41. The molecular formula is C27H30N2O6S. The normalized spacial score (nSPS) is 15.6. The molecule has 9 heteroatoms. The Labute approximate surface area is 210 Å². The first kappa shape index (κ1) is 25.5. The van der Waals surface area contributed by atoms with E-state index >= 15 is 0 Å². The summed E-state index contributed by atoms with van der Waals surface area (Å²) in [5, 5.41) is 9.46. The average molecular weight is 511 g/mol. The van der Waals surface area contributed by atoms with Crippen LogP contribution in [0.15, 0.2) is 76.6 Å². The Morgan fingerprint density at radius 2 is 1.67 bits per heavy atom. The van der Waals surface area contributed by atoms with Crippen molar-refractivity contribution in [2.45, 2.75) is 43.1 Å². The molecule has 0 aliphatic carbocycles. The van der Waals surface area contributed by atoms with E-state index in [0.717, 1.165) is 17.4 Å². The minimum Gasteiger partial charge on any atom is -0.482 e. The summed E-state index contributed by atoms with van der Waals surface area (Å²) in [4.78, 5) is 26.1. The Bertz CT molecular complexity index is 1420. The van der Waals surface area contributed by atoms with Gasteiger partial charge in [0, 0.05) is 50.1 Å². The number of hydrogen-bond acceptors (Lipinski definition) is 5. The van der Waals surface area contributed by atoms with Gasteiger partial charge in [0.2, 0.25) is 0 Å². The lowest BCUT2D eigenvalue weighted by Crippen LogP contribution is -2.48. The largest absolute Gasteiger partial charge is 0.482 e. The van der Waals surface area contributed by atoms with Crippen LogP contribution >= 0.6 is 0 Å². The monoisotopic (exact) mass is 510 g/mol. The van der Waals surface area contributed by atoms with Crippen molar-refractivity contribution in [1.82, 2.24) is 9.47 Å². The van der Waals surface area contributed by atoms with Crippen LogP contribution in [-0.4, -0.2) is 48.4 Å². The maximum atomic E-state index is 13.0. The molecule has 8 nitrogen and oxygen atoms in total. The van der Waals surface area contributed by atoms with E-state index in [1.54, 1.807) is 24.4 Å². The molecule has 1 N–H and O–H groups in total. The van der Waals surface area contributed by atoms with Gasteiger partial charge >= 0.3 is 6.09 Å². The highest BCUT2D eigenvalue weighted by atomic mass is 32.2. The summed E-state index contributed by atoms with van der Waals surface area (Å²) in [6, 6.07) is 17.2. The number of rotatable bonds is 6. The van der Waals surface area contributed by atoms with Crippen LogP contribution in [0.4, 0.5) is 4.79 Å². The standard InChI is InChI=1S/C27H30N2O6S/c1-19(2)23-6-4-5-7-24(23)27(13-16-28(17-14-27)26(31)32)35-21-12-15-29(25(30)18-21)20-8-10-22(11-9-20)36(3,33)34/h4-12,15,18-19H,13-14,16-17H2,1-3H3,(H,31,32). The molecule has 190 valence electrons. The van der Waals surface area contributed by atoms with Crippen molar-refractivity contribution in [1.29, 1.82) is 0 Å². The zero-order valence-electron chi connectivity index (χ0n) is 20.5. The molecule has 1 aliphatic rings. The zero-order chi connectivity index (χ0) is 26.1. The number of aromatic nitrogens is 1. The smallest absolute Gasteiger partial charge is 0.407 e. The zero-order valence-corrected chi connectivity index (χ0v) is 21.4. The Hall–Kier alpha value is -3.59. The van der Waals surface area contributed by atoms with Crippen molar-refractivity contribution >= 4 is 15.9 Å². The number of pyridine rings is 1. The molecule has 0 unspecified atom stereocenters. The van der Waals surface area contributed by atoms with Crippen LogP contribution in [0.25, 0.3) is 5.69 Å². The second-order valence-electron chi connectivity index (χ2n) is 9.44. The number of nitrogens with zero attached hydrogens (tertiary/aromatic N) is 2. The number of ether oxygens (including phenoxy) is 1. The Balaban J connectivity index is 1.69. The molecule has 2 aromatic carbocycles. The second kappa shape index (κ2) is 9.81. The number of piperidine rings is 1. The number of amides is 1. The molecule has 0 radical (unpaired) electrons. The number of carboxylic acid groups (broad SMARTS) is 1. The third kappa shape index (κ3) is 5.16. The molecule has 2 heterocycles. The molecule has 3 aromatic rings. The van der Waals surface area contributed by atoms with Crippen molar-refractivity contribution < 1.29 is 23.1 Å². The van der Waals surface area contributed by atoms with E-state index in [4.69, 9.17) is 4.74 Å². The second-order valence-corrected chi connectivity index (χ2v) is 11.5. The van der Waals surface area contributed by atoms with Gasteiger partial charge in [0.15, 0.2) is 9.84 Å². The van der Waals surface area contributed by atoms with E-state index in [1.165, 1.54) is 27.7 Å². The lowest BCUT2D eigenvalue weighted by molar-refractivity contribution is 0.000199. The molecular weight excluding hydrogens is 480 g/mol. The summed E-state index contributed by atoms with van der Waals surface area (Å²) in [7, 11) is -3.33. The quantitative estimate of drug-likeness (QED) is 0.527. The first-order valence-corrected chi connectivity index (χ1v) is 13.7. The van der Waals surface area contributed by atoms with E-state index in [1.807, 2.05) is 18.2 Å². The molecule has 1 amide bonds. The summed E-state index contributed by atoms with van der Waals surface area (Å²) in [6.07, 6.45) is 2.69. The number of hydrogen-bond donors (Lipinski definition) is 1. The van der Waals surface area contributed by atoms with E-state index < -0.39 is 21.5 Å². The third-order valence-electron chi connectivity index (χ3n) is 6.66. The highest BCUT2D eigenvalue weighted by molar-refractivity contribution is 7.90. The van der Waals surface area contributed by atoms with Crippen LogP contribution < -0.4 is 10.3 Å². The van der Waals surface area contributed by atoms with Crippen molar-refractivity contribution in [3.05, 3.63) is 88.3 Å². The predicted molar refractivity (Wildman–Crippen MR) is 137 cm³/mol. The van der Waals surface area contributed by atoms with Gasteiger partial charge in [-0.05, 0) is 47.4 Å². The van der Waals surface area contributed by atoms with Gasteiger partial charge in [-0.25, -0.2) is 13.2 Å². The molecule has 0 bridgehead atoms. The molecule has 0 spiro atoms. The Morgan fingerprint density at radius 1 is 1.03 bits per heavy atom. The van der Waals surface area contributed by atoms with Crippen LogP contribution in [0.1, 0.15) is 43.7 Å². The van der Waals surface area contributed by atoms with E-state index in [-0.39, 0.29) is 16.4 Å². The van der Waals surface area contributed by atoms with Gasteiger partial charge in [-0.3, -0.25) is 9.36 Å². The van der Waals surface area contributed by atoms with Crippen molar-refractivity contribution in [3.63, 3.8) is 0 Å². The minimum absolute atomic E-state index is 0.178. The first-order chi connectivity index (χ1) is 17.0. The Kier molecular flexibility index (Phi) is 6.95. The van der Waals surface area contributed by atoms with Crippen LogP contribution in [0.3, 0.4) is 0 Å². The van der Waals surface area contributed by atoms with Gasteiger partial charge in [-0.2, -0.15) is 0 Å². The first-order valence-electron chi connectivity index (χ1n) is 11.8. The lowest BCUT2D eigenvalue weighted by atomic mass is 9.79. The van der Waals surface area contributed by atoms with E-state index in [2.05, 4.69) is 19.9 Å². The highest BCUT2D eigenvalue weighted by Crippen LogP contribution is 2.41. The SMILES string of the molecule is CC(C)c1ccccc1C1(Oc2ccn(-c3ccc(S(C)(=O)=O)cc3)c(=O)c2)CCN(C(=O)O)CC1. The fraction of sp³-hybridized carbons (Fsp3) is 0.333. The van der Waals surface area contributed by atoms with Gasteiger partial charge in [0.25, 0.3) is 5.56 Å². The maximum absolute atomic E-state index is 13.0. The average Bonchev–Trinajstić information content (AvgIpc) is 2.84. The topological polar surface area (TPSA) is 106 Å². The summed E-state index contributed by atoms with van der Waals surface area (Å²) in [5.41, 5.74) is 1.57. The third-order valence-corrected chi connectivity index (χ3v) is 7.79. The summed E-state index contributed by atoms with van der Waals surface area (Å²) < 4.78 is 31.5. The summed E-state index contributed by atoms with van der Waals surface area (Å²) >= 11 is 0. The molecule has 1 saturated heterocycles. The molecule has 36 heavy (non-hydrogen) atoms. The molecule has 1 fully saturated rings. The van der Waals surface area contributed by atoms with E-state index in [0.29, 0.717) is 37.4 Å². The van der Waals surface area contributed by atoms with Gasteiger partial charge in [-0.1, -0.05) is 38.1 Å². The van der Waals surface area contributed by atoms with Gasteiger partial charge in [0.1, 0.15) is 11.4 Å². The lowest BCUT2D eigenvalue weighted by Gasteiger charge is -2.42. The van der Waals surface area contributed by atoms with Crippen molar-refractivity contribution in [2.24, 2.45) is 0 Å². The highest BCUT2D eigenvalue weighted by Gasteiger charge is 2.41. The molecule has 1 aliphatic heterocycles. The number of likely N-dealkylation sites (tertiary alicyclic amines) is 1. The number of benzene rings is 2. The summed E-state index contributed by atoms with van der Waals surface area (Å²) in [5.74, 6) is 0.633. The van der Waals surface area contributed by atoms with E-state index in [9.17, 15) is 23.1 Å². The number of carbonyl (C=O) groups is 1. The van der Waals surface area contributed by atoms with Crippen LogP contribution in [0, 0.1) is 0 Å².